The first kappa shape index (κ1) is 13.8. The Morgan fingerprint density at radius 1 is 1.16 bits per heavy atom. The van der Waals surface area contributed by atoms with Crippen LogP contribution in [0.25, 0.3) is 0 Å². The molecular weight excluding hydrogens is 234 g/mol. The van der Waals surface area contributed by atoms with Crippen LogP contribution in [0, 0.1) is 6.92 Å². The van der Waals surface area contributed by atoms with Gasteiger partial charge in [-0.25, -0.2) is 0 Å². The van der Waals surface area contributed by atoms with Crippen molar-refractivity contribution in [3.8, 4) is 0 Å². The van der Waals surface area contributed by atoms with E-state index in [0.717, 1.165) is 16.8 Å². The van der Waals surface area contributed by atoms with Gasteiger partial charge in [-0.15, -0.1) is 0 Å². The fraction of sp³-hybridized carbons (Fsp3) is 0.438. The van der Waals surface area contributed by atoms with Crippen LogP contribution in [0.15, 0.2) is 30.5 Å². The summed E-state index contributed by atoms with van der Waals surface area (Å²) in [6.07, 6.45) is 2.00. The number of aromatic nitrogens is 2. The maximum absolute atomic E-state index is 6.34. The van der Waals surface area contributed by atoms with Crippen molar-refractivity contribution < 1.29 is 0 Å². The van der Waals surface area contributed by atoms with Crippen molar-refractivity contribution in [2.24, 2.45) is 12.8 Å². The summed E-state index contributed by atoms with van der Waals surface area (Å²) in [5.41, 5.74) is 11.0. The van der Waals surface area contributed by atoms with Crippen molar-refractivity contribution in [2.75, 3.05) is 0 Å². The number of benzene rings is 1. The number of nitrogens with zero attached hydrogens (tertiary/aromatic N) is 2. The van der Waals surface area contributed by atoms with E-state index in [2.05, 4.69) is 50.1 Å². The number of hydrogen-bond donors (Lipinski definition) is 1. The molecular formula is C16H23N3. The summed E-state index contributed by atoms with van der Waals surface area (Å²) in [6, 6.07) is 8.47. The van der Waals surface area contributed by atoms with Crippen LogP contribution in [0.5, 0.6) is 0 Å². The van der Waals surface area contributed by atoms with Crippen LogP contribution in [-0.2, 0) is 12.5 Å². The van der Waals surface area contributed by atoms with Crippen molar-refractivity contribution in [3.63, 3.8) is 0 Å². The fourth-order valence-electron chi connectivity index (χ4n) is 2.29. The van der Waals surface area contributed by atoms with Crippen molar-refractivity contribution >= 4 is 0 Å². The molecule has 0 spiro atoms. The van der Waals surface area contributed by atoms with Gasteiger partial charge in [0.2, 0.25) is 0 Å². The summed E-state index contributed by atoms with van der Waals surface area (Å²) in [4.78, 5) is 0. The molecule has 2 N–H and O–H groups in total. The maximum Gasteiger partial charge on any atom is 0.0644 e. The molecule has 1 unspecified atom stereocenters. The maximum atomic E-state index is 6.34. The van der Waals surface area contributed by atoms with Crippen molar-refractivity contribution in [3.05, 3.63) is 52.8 Å². The van der Waals surface area contributed by atoms with Crippen LogP contribution in [0.1, 0.15) is 49.2 Å². The summed E-state index contributed by atoms with van der Waals surface area (Å²) < 4.78 is 1.81. The largest absolute Gasteiger partial charge is 0.320 e. The molecule has 0 aliphatic rings. The molecule has 2 aromatic rings. The molecule has 102 valence electrons. The second-order valence-corrected chi connectivity index (χ2v) is 6.19. The van der Waals surface area contributed by atoms with Gasteiger partial charge in [0.1, 0.15) is 0 Å². The third-order valence-electron chi connectivity index (χ3n) is 3.52. The third-order valence-corrected chi connectivity index (χ3v) is 3.52. The highest BCUT2D eigenvalue weighted by Gasteiger charge is 2.17. The highest BCUT2D eigenvalue weighted by atomic mass is 15.2. The lowest BCUT2D eigenvalue weighted by molar-refractivity contribution is 0.589. The quantitative estimate of drug-likeness (QED) is 0.898. The van der Waals surface area contributed by atoms with Crippen LogP contribution in [0.3, 0.4) is 0 Å². The highest BCUT2D eigenvalue weighted by Crippen LogP contribution is 2.26. The van der Waals surface area contributed by atoms with E-state index >= 15 is 0 Å². The Morgan fingerprint density at radius 3 is 2.16 bits per heavy atom. The Balaban J connectivity index is 2.30. The molecule has 1 heterocycles. The molecule has 0 amide bonds. The number of rotatable bonds is 2. The van der Waals surface area contributed by atoms with Gasteiger partial charge < -0.3 is 5.73 Å². The van der Waals surface area contributed by atoms with Gasteiger partial charge in [0.05, 0.1) is 11.7 Å². The molecule has 3 nitrogen and oxygen atoms in total. The van der Waals surface area contributed by atoms with Crippen molar-refractivity contribution in [1.82, 2.24) is 9.78 Å². The number of aryl methyl sites for hydroxylation is 2. The second-order valence-electron chi connectivity index (χ2n) is 6.19. The average molecular weight is 257 g/mol. The lowest BCUT2D eigenvalue weighted by Crippen LogP contribution is -2.14. The summed E-state index contributed by atoms with van der Waals surface area (Å²) in [6.45, 7) is 8.65. The minimum absolute atomic E-state index is 0.109. The van der Waals surface area contributed by atoms with Crippen molar-refractivity contribution in [1.29, 1.82) is 0 Å². The molecule has 19 heavy (non-hydrogen) atoms. The van der Waals surface area contributed by atoms with Crippen LogP contribution in [0.2, 0.25) is 0 Å². The molecule has 0 aliphatic heterocycles. The average Bonchev–Trinajstić information content (AvgIpc) is 2.66. The van der Waals surface area contributed by atoms with E-state index in [0.29, 0.717) is 0 Å². The summed E-state index contributed by atoms with van der Waals surface area (Å²) >= 11 is 0. The molecule has 0 bridgehead atoms. The van der Waals surface area contributed by atoms with Crippen LogP contribution >= 0.6 is 0 Å². The zero-order valence-electron chi connectivity index (χ0n) is 12.4. The van der Waals surface area contributed by atoms with E-state index in [9.17, 15) is 0 Å². The molecule has 1 aromatic heterocycles. The van der Waals surface area contributed by atoms with Gasteiger partial charge in [0.15, 0.2) is 0 Å². The normalized spacial score (nSPS) is 13.6. The first-order chi connectivity index (χ1) is 8.79. The lowest BCUT2D eigenvalue weighted by Gasteiger charge is -2.20. The van der Waals surface area contributed by atoms with Gasteiger partial charge in [0.25, 0.3) is 0 Å². The van der Waals surface area contributed by atoms with Crippen LogP contribution < -0.4 is 5.73 Å². The predicted molar refractivity (Wildman–Crippen MR) is 79.1 cm³/mol. The molecule has 0 aliphatic carbocycles. The summed E-state index contributed by atoms with van der Waals surface area (Å²) in [5.74, 6) is 0. The molecule has 3 heteroatoms. The van der Waals surface area contributed by atoms with E-state index in [1.165, 1.54) is 5.56 Å². The van der Waals surface area contributed by atoms with E-state index in [1.54, 1.807) is 0 Å². The van der Waals surface area contributed by atoms with Gasteiger partial charge >= 0.3 is 0 Å². The Kier molecular flexibility index (Phi) is 3.50. The number of nitrogens with two attached hydrogens (primary N) is 1. The molecule has 1 atom stereocenters. The van der Waals surface area contributed by atoms with E-state index in [4.69, 9.17) is 5.73 Å². The minimum Gasteiger partial charge on any atom is -0.320 e. The van der Waals surface area contributed by atoms with E-state index in [-0.39, 0.29) is 11.5 Å². The third kappa shape index (κ3) is 2.87. The fourth-order valence-corrected chi connectivity index (χ4v) is 2.29. The van der Waals surface area contributed by atoms with Gasteiger partial charge in [-0.1, -0.05) is 45.0 Å². The molecule has 0 fully saturated rings. The van der Waals surface area contributed by atoms with E-state index in [1.807, 2.05) is 24.9 Å². The molecule has 0 saturated heterocycles. The first-order valence-corrected chi connectivity index (χ1v) is 6.65. The minimum atomic E-state index is -0.109. The lowest BCUT2D eigenvalue weighted by atomic mass is 9.86. The SMILES string of the molecule is Cc1nn(C)cc1C(N)c1ccc(C(C)(C)C)cc1. The molecule has 0 radical (unpaired) electrons. The van der Waals surface area contributed by atoms with Crippen LogP contribution in [0.4, 0.5) is 0 Å². The first-order valence-electron chi connectivity index (χ1n) is 6.65. The Labute approximate surface area is 115 Å². The molecule has 1 aromatic carbocycles. The van der Waals surface area contributed by atoms with Gasteiger partial charge in [-0.3, -0.25) is 4.68 Å². The van der Waals surface area contributed by atoms with Crippen molar-refractivity contribution in [2.45, 2.75) is 39.2 Å². The Bertz CT molecular complexity index is 559. The monoisotopic (exact) mass is 257 g/mol. The molecule has 0 saturated carbocycles. The van der Waals surface area contributed by atoms with Gasteiger partial charge in [-0.05, 0) is 23.5 Å². The summed E-state index contributed by atoms with van der Waals surface area (Å²) in [5, 5.41) is 4.35. The Hall–Kier alpha value is -1.61. The molecule has 2 rings (SSSR count). The smallest absolute Gasteiger partial charge is 0.0644 e. The van der Waals surface area contributed by atoms with E-state index < -0.39 is 0 Å². The zero-order valence-corrected chi connectivity index (χ0v) is 12.4. The predicted octanol–water partition coefficient (Wildman–Crippen LogP) is 3.07. The highest BCUT2D eigenvalue weighted by molar-refractivity contribution is 5.35. The van der Waals surface area contributed by atoms with Crippen LogP contribution in [-0.4, -0.2) is 9.78 Å². The van der Waals surface area contributed by atoms with Gasteiger partial charge in [0, 0.05) is 18.8 Å². The number of hydrogen-bond acceptors (Lipinski definition) is 2. The Morgan fingerprint density at radius 2 is 1.74 bits per heavy atom. The topological polar surface area (TPSA) is 43.8 Å². The van der Waals surface area contributed by atoms with Gasteiger partial charge in [-0.2, -0.15) is 5.10 Å². The zero-order chi connectivity index (χ0) is 14.2. The second kappa shape index (κ2) is 4.82. The summed E-state index contributed by atoms with van der Waals surface area (Å²) in [7, 11) is 1.92. The standard InChI is InChI=1S/C16H23N3/c1-11-14(10-19(5)18-11)15(17)12-6-8-13(9-7-12)16(2,3)4/h6-10,15H,17H2,1-5H3.